The summed E-state index contributed by atoms with van der Waals surface area (Å²) in [7, 11) is 0. The molecule has 0 saturated heterocycles. The first-order chi connectivity index (χ1) is 8.18. The highest BCUT2D eigenvalue weighted by atomic mass is 35.5. The summed E-state index contributed by atoms with van der Waals surface area (Å²) in [4.78, 5) is 11.8. The standard InChI is InChI=1S/C13H17ClN2O/c14-11-5-1-4-10(12(11)15)13(17)16-8-2-3-9-6-7-9/h1,4-5,9H,2-3,6-8,15H2,(H,16,17). The molecule has 1 fully saturated rings. The van der Waals surface area contributed by atoms with E-state index in [4.69, 9.17) is 17.3 Å². The van der Waals surface area contributed by atoms with Crippen LogP contribution in [0.25, 0.3) is 0 Å². The van der Waals surface area contributed by atoms with Gasteiger partial charge in [-0.3, -0.25) is 4.79 Å². The van der Waals surface area contributed by atoms with Gasteiger partial charge in [-0.2, -0.15) is 0 Å². The molecule has 1 aromatic carbocycles. The molecule has 0 aliphatic heterocycles. The van der Waals surface area contributed by atoms with E-state index < -0.39 is 0 Å². The van der Waals surface area contributed by atoms with Crippen molar-refractivity contribution in [1.29, 1.82) is 0 Å². The third-order valence-corrected chi connectivity index (χ3v) is 3.40. The van der Waals surface area contributed by atoms with Crippen molar-refractivity contribution in [2.45, 2.75) is 25.7 Å². The van der Waals surface area contributed by atoms with Crippen molar-refractivity contribution in [3.63, 3.8) is 0 Å². The third kappa shape index (κ3) is 3.37. The molecular weight excluding hydrogens is 236 g/mol. The molecule has 0 atom stereocenters. The lowest BCUT2D eigenvalue weighted by Crippen LogP contribution is -2.25. The summed E-state index contributed by atoms with van der Waals surface area (Å²) < 4.78 is 0. The maximum absolute atomic E-state index is 11.8. The third-order valence-electron chi connectivity index (χ3n) is 3.07. The number of nitrogens with two attached hydrogens (primary N) is 1. The van der Waals surface area contributed by atoms with Crippen molar-refractivity contribution in [3.8, 4) is 0 Å². The molecule has 0 spiro atoms. The van der Waals surface area contributed by atoms with Crippen LogP contribution < -0.4 is 11.1 Å². The summed E-state index contributed by atoms with van der Waals surface area (Å²) in [6.45, 7) is 0.710. The number of benzene rings is 1. The predicted octanol–water partition coefficient (Wildman–Crippen LogP) is 2.84. The zero-order valence-corrected chi connectivity index (χ0v) is 10.5. The van der Waals surface area contributed by atoms with E-state index in [-0.39, 0.29) is 5.91 Å². The van der Waals surface area contributed by atoms with Gasteiger partial charge in [0.1, 0.15) is 0 Å². The lowest BCUT2D eigenvalue weighted by Gasteiger charge is -2.08. The van der Waals surface area contributed by atoms with Crippen LogP contribution in [-0.2, 0) is 0 Å². The van der Waals surface area contributed by atoms with Crippen LogP contribution in [0.4, 0.5) is 5.69 Å². The first kappa shape index (κ1) is 12.2. The second-order valence-electron chi connectivity index (χ2n) is 4.54. The zero-order chi connectivity index (χ0) is 12.3. The number of carbonyl (C=O) groups excluding carboxylic acids is 1. The molecule has 92 valence electrons. The largest absolute Gasteiger partial charge is 0.397 e. The number of anilines is 1. The van der Waals surface area contributed by atoms with Gasteiger partial charge in [-0.05, 0) is 30.9 Å². The van der Waals surface area contributed by atoms with Gasteiger partial charge in [0.25, 0.3) is 5.91 Å². The van der Waals surface area contributed by atoms with E-state index >= 15 is 0 Å². The maximum Gasteiger partial charge on any atom is 0.253 e. The molecule has 1 amide bonds. The fourth-order valence-electron chi connectivity index (χ4n) is 1.83. The first-order valence-electron chi connectivity index (χ1n) is 6.00. The van der Waals surface area contributed by atoms with E-state index in [2.05, 4.69) is 5.32 Å². The number of amides is 1. The van der Waals surface area contributed by atoms with E-state index in [9.17, 15) is 4.79 Å². The number of halogens is 1. The fraction of sp³-hybridized carbons (Fsp3) is 0.462. The van der Waals surface area contributed by atoms with Crippen LogP contribution in [0.3, 0.4) is 0 Å². The fourth-order valence-corrected chi connectivity index (χ4v) is 2.00. The number of para-hydroxylation sites is 1. The molecule has 3 N–H and O–H groups in total. The summed E-state index contributed by atoms with van der Waals surface area (Å²) >= 11 is 5.86. The number of hydrogen-bond donors (Lipinski definition) is 2. The summed E-state index contributed by atoms with van der Waals surface area (Å²) in [5.41, 5.74) is 6.57. The van der Waals surface area contributed by atoms with E-state index in [1.807, 2.05) is 0 Å². The molecule has 0 aromatic heterocycles. The van der Waals surface area contributed by atoms with E-state index in [0.29, 0.717) is 22.8 Å². The van der Waals surface area contributed by atoms with Crippen molar-refractivity contribution in [3.05, 3.63) is 28.8 Å². The molecule has 0 heterocycles. The quantitative estimate of drug-likeness (QED) is 0.625. The number of nitrogen functional groups attached to an aromatic ring is 1. The van der Waals surface area contributed by atoms with E-state index in [0.717, 1.165) is 12.3 Å². The molecule has 1 aliphatic carbocycles. The van der Waals surface area contributed by atoms with Crippen LogP contribution in [0.2, 0.25) is 5.02 Å². The number of carbonyl (C=O) groups is 1. The average molecular weight is 253 g/mol. The van der Waals surface area contributed by atoms with Crippen LogP contribution in [-0.4, -0.2) is 12.5 Å². The molecule has 0 unspecified atom stereocenters. The van der Waals surface area contributed by atoms with Crippen LogP contribution >= 0.6 is 11.6 Å². The van der Waals surface area contributed by atoms with Crippen molar-refractivity contribution in [2.75, 3.05) is 12.3 Å². The van der Waals surface area contributed by atoms with Crippen molar-refractivity contribution in [1.82, 2.24) is 5.32 Å². The molecule has 0 bridgehead atoms. The second-order valence-corrected chi connectivity index (χ2v) is 4.95. The van der Waals surface area contributed by atoms with Gasteiger partial charge in [-0.1, -0.05) is 30.5 Å². The minimum Gasteiger partial charge on any atom is -0.397 e. The van der Waals surface area contributed by atoms with Crippen LogP contribution in [0.15, 0.2) is 18.2 Å². The summed E-state index contributed by atoms with van der Waals surface area (Å²) in [6.07, 6.45) is 4.96. The smallest absolute Gasteiger partial charge is 0.253 e. The number of rotatable bonds is 5. The minimum absolute atomic E-state index is 0.138. The van der Waals surface area contributed by atoms with Gasteiger partial charge < -0.3 is 11.1 Å². The lowest BCUT2D eigenvalue weighted by atomic mass is 10.1. The van der Waals surface area contributed by atoms with Gasteiger partial charge in [-0.25, -0.2) is 0 Å². The molecule has 1 aromatic rings. The van der Waals surface area contributed by atoms with Crippen molar-refractivity contribution in [2.24, 2.45) is 5.92 Å². The Morgan fingerprint density at radius 1 is 1.47 bits per heavy atom. The second kappa shape index (κ2) is 5.41. The average Bonchev–Trinajstić information content (AvgIpc) is 3.12. The SMILES string of the molecule is Nc1c(Cl)cccc1C(=O)NCCCC1CC1. The molecule has 17 heavy (non-hydrogen) atoms. The Labute approximate surface area is 106 Å². The first-order valence-corrected chi connectivity index (χ1v) is 6.38. The van der Waals surface area contributed by atoms with Gasteiger partial charge in [0.2, 0.25) is 0 Å². The highest BCUT2D eigenvalue weighted by molar-refractivity contribution is 6.33. The van der Waals surface area contributed by atoms with Crippen LogP contribution in [0.1, 0.15) is 36.0 Å². The zero-order valence-electron chi connectivity index (χ0n) is 9.71. The number of nitrogens with one attached hydrogen (secondary N) is 1. The van der Waals surface area contributed by atoms with Crippen molar-refractivity contribution >= 4 is 23.2 Å². The highest BCUT2D eigenvalue weighted by Gasteiger charge is 2.20. The van der Waals surface area contributed by atoms with Crippen molar-refractivity contribution < 1.29 is 4.79 Å². The summed E-state index contributed by atoms with van der Waals surface area (Å²) in [5.74, 6) is 0.768. The minimum atomic E-state index is -0.138. The normalized spacial score (nSPS) is 14.6. The topological polar surface area (TPSA) is 55.1 Å². The Kier molecular flexibility index (Phi) is 3.89. The Hall–Kier alpha value is -1.22. The van der Waals surface area contributed by atoms with Gasteiger partial charge >= 0.3 is 0 Å². The van der Waals surface area contributed by atoms with E-state index in [1.54, 1.807) is 18.2 Å². The Balaban J connectivity index is 1.83. The molecule has 4 heteroatoms. The Morgan fingerprint density at radius 3 is 2.94 bits per heavy atom. The number of hydrogen-bond acceptors (Lipinski definition) is 2. The molecule has 2 rings (SSSR count). The Morgan fingerprint density at radius 2 is 2.24 bits per heavy atom. The maximum atomic E-state index is 11.8. The van der Waals surface area contributed by atoms with Crippen LogP contribution in [0.5, 0.6) is 0 Å². The van der Waals surface area contributed by atoms with Gasteiger partial charge in [0, 0.05) is 6.54 Å². The monoisotopic (exact) mass is 252 g/mol. The molecular formula is C13H17ClN2O. The molecule has 3 nitrogen and oxygen atoms in total. The van der Waals surface area contributed by atoms with Gasteiger partial charge in [0.05, 0.1) is 16.3 Å². The van der Waals surface area contributed by atoms with Gasteiger partial charge in [-0.15, -0.1) is 0 Å². The van der Waals surface area contributed by atoms with Crippen LogP contribution in [0, 0.1) is 5.92 Å². The summed E-state index contributed by atoms with van der Waals surface area (Å²) in [6, 6.07) is 5.11. The lowest BCUT2D eigenvalue weighted by molar-refractivity contribution is 0.0953. The molecule has 1 saturated carbocycles. The van der Waals surface area contributed by atoms with E-state index in [1.165, 1.54) is 19.3 Å². The summed E-state index contributed by atoms with van der Waals surface area (Å²) in [5, 5.41) is 3.30. The van der Waals surface area contributed by atoms with Gasteiger partial charge in [0.15, 0.2) is 0 Å². The molecule has 0 radical (unpaired) electrons. The Bertz CT molecular complexity index is 416. The highest BCUT2D eigenvalue weighted by Crippen LogP contribution is 2.33. The molecule has 1 aliphatic rings. The predicted molar refractivity (Wildman–Crippen MR) is 70.2 cm³/mol.